The third-order valence-corrected chi connectivity index (χ3v) is 4.12. The van der Waals surface area contributed by atoms with Crippen LogP contribution in [0.5, 0.6) is 0 Å². The van der Waals surface area contributed by atoms with Crippen LogP contribution in [0.3, 0.4) is 0 Å². The average molecular weight is 257 g/mol. The van der Waals surface area contributed by atoms with Crippen molar-refractivity contribution < 1.29 is 15.0 Å². The first kappa shape index (κ1) is 15.4. The molecule has 1 aliphatic carbocycles. The van der Waals surface area contributed by atoms with Gasteiger partial charge in [0.05, 0.1) is 5.60 Å². The van der Waals surface area contributed by atoms with Gasteiger partial charge < -0.3 is 15.5 Å². The molecule has 0 amide bonds. The maximum Gasteiger partial charge on any atom is 0.320 e. The molecular formula is C14H27NO3. The summed E-state index contributed by atoms with van der Waals surface area (Å²) in [5, 5.41) is 22.6. The molecule has 4 nitrogen and oxygen atoms in total. The van der Waals surface area contributed by atoms with Gasteiger partial charge in [-0.1, -0.05) is 27.7 Å². The molecule has 0 bridgehead atoms. The molecule has 4 heteroatoms. The molecule has 1 rings (SSSR count). The molecule has 0 radical (unpaired) electrons. The Morgan fingerprint density at radius 2 is 1.72 bits per heavy atom. The van der Waals surface area contributed by atoms with E-state index in [9.17, 15) is 9.90 Å². The van der Waals surface area contributed by atoms with Crippen LogP contribution in [0.15, 0.2) is 0 Å². The molecule has 0 spiro atoms. The van der Waals surface area contributed by atoms with Gasteiger partial charge in [-0.15, -0.1) is 0 Å². The monoisotopic (exact) mass is 257 g/mol. The maximum absolute atomic E-state index is 11.1. The Hall–Kier alpha value is -0.610. The minimum absolute atomic E-state index is 0.0196. The number of carboxylic acid groups (broad SMARTS) is 1. The summed E-state index contributed by atoms with van der Waals surface area (Å²) in [4.78, 5) is 11.1. The molecule has 1 unspecified atom stereocenters. The Labute approximate surface area is 110 Å². The summed E-state index contributed by atoms with van der Waals surface area (Å²) in [6.07, 6.45) is 3.48. The van der Waals surface area contributed by atoms with Crippen LogP contribution in [0, 0.1) is 11.3 Å². The molecule has 1 saturated carbocycles. The van der Waals surface area contributed by atoms with Crippen LogP contribution in [0.2, 0.25) is 0 Å². The van der Waals surface area contributed by atoms with Gasteiger partial charge in [-0.3, -0.25) is 4.79 Å². The Bertz CT molecular complexity index is 289. The molecule has 18 heavy (non-hydrogen) atoms. The van der Waals surface area contributed by atoms with E-state index in [-0.39, 0.29) is 5.92 Å². The zero-order valence-corrected chi connectivity index (χ0v) is 12.0. The van der Waals surface area contributed by atoms with Crippen molar-refractivity contribution >= 4 is 5.97 Å². The van der Waals surface area contributed by atoms with Crippen molar-refractivity contribution in [2.24, 2.45) is 11.3 Å². The smallest absolute Gasteiger partial charge is 0.320 e. The van der Waals surface area contributed by atoms with Crippen molar-refractivity contribution in [2.75, 3.05) is 6.54 Å². The van der Waals surface area contributed by atoms with Crippen LogP contribution in [-0.4, -0.2) is 34.4 Å². The zero-order chi connectivity index (χ0) is 14.0. The van der Waals surface area contributed by atoms with Crippen LogP contribution in [0.1, 0.15) is 53.4 Å². The minimum atomic E-state index is -0.843. The molecular weight excluding hydrogens is 230 g/mol. The van der Waals surface area contributed by atoms with E-state index < -0.39 is 17.6 Å². The lowest BCUT2D eigenvalue weighted by Crippen LogP contribution is -2.51. The molecule has 3 N–H and O–H groups in total. The Morgan fingerprint density at radius 1 is 1.22 bits per heavy atom. The molecule has 1 fully saturated rings. The Balaban J connectivity index is 2.50. The van der Waals surface area contributed by atoms with E-state index in [2.05, 4.69) is 19.2 Å². The van der Waals surface area contributed by atoms with Gasteiger partial charge in [0.2, 0.25) is 0 Å². The van der Waals surface area contributed by atoms with Gasteiger partial charge in [-0.05, 0) is 37.0 Å². The summed E-state index contributed by atoms with van der Waals surface area (Å²) in [7, 11) is 0. The lowest BCUT2D eigenvalue weighted by molar-refractivity contribution is -0.141. The molecule has 0 aromatic rings. The fraction of sp³-hybridized carbons (Fsp3) is 0.929. The van der Waals surface area contributed by atoms with E-state index in [1.807, 2.05) is 13.8 Å². The first-order chi connectivity index (χ1) is 8.15. The predicted molar refractivity (Wildman–Crippen MR) is 71.5 cm³/mol. The van der Waals surface area contributed by atoms with E-state index in [4.69, 9.17) is 5.11 Å². The number of carboxylic acids is 1. The summed E-state index contributed by atoms with van der Waals surface area (Å²) < 4.78 is 0. The largest absolute Gasteiger partial charge is 0.480 e. The number of nitrogens with one attached hydrogen (secondary N) is 1. The fourth-order valence-electron chi connectivity index (χ4n) is 2.48. The second kappa shape index (κ2) is 5.57. The summed E-state index contributed by atoms with van der Waals surface area (Å²) in [6.45, 7) is 8.56. The van der Waals surface area contributed by atoms with E-state index >= 15 is 0 Å². The Morgan fingerprint density at radius 3 is 2.11 bits per heavy atom. The summed E-state index contributed by atoms with van der Waals surface area (Å²) in [5.74, 6) is -0.823. The van der Waals surface area contributed by atoms with Crippen LogP contribution < -0.4 is 5.32 Å². The van der Waals surface area contributed by atoms with Crippen molar-refractivity contribution in [3.63, 3.8) is 0 Å². The summed E-state index contributed by atoms with van der Waals surface area (Å²) >= 11 is 0. The predicted octanol–water partition coefficient (Wildman–Crippen LogP) is 2.02. The molecule has 1 atom stereocenters. The van der Waals surface area contributed by atoms with Crippen molar-refractivity contribution in [1.82, 2.24) is 5.32 Å². The van der Waals surface area contributed by atoms with E-state index in [1.54, 1.807) is 0 Å². The standard InChI is InChI=1S/C14H27NO3/c1-10(2)11(12(16)17)15-9-14(18)7-5-13(3,4)6-8-14/h10-11,15,18H,5-9H2,1-4H3,(H,16,17). The van der Waals surface area contributed by atoms with E-state index in [0.29, 0.717) is 12.0 Å². The van der Waals surface area contributed by atoms with Crippen LogP contribution in [0.4, 0.5) is 0 Å². The van der Waals surface area contributed by atoms with Gasteiger partial charge >= 0.3 is 5.97 Å². The number of aliphatic carboxylic acids is 1. The van der Waals surface area contributed by atoms with Crippen molar-refractivity contribution in [3.8, 4) is 0 Å². The van der Waals surface area contributed by atoms with Crippen molar-refractivity contribution in [2.45, 2.75) is 65.0 Å². The lowest BCUT2D eigenvalue weighted by atomic mass is 9.71. The normalized spacial score (nSPS) is 23.9. The highest BCUT2D eigenvalue weighted by atomic mass is 16.4. The van der Waals surface area contributed by atoms with Gasteiger partial charge in [0.1, 0.15) is 6.04 Å². The first-order valence-electron chi connectivity index (χ1n) is 6.84. The number of hydrogen-bond donors (Lipinski definition) is 3. The van der Waals surface area contributed by atoms with Gasteiger partial charge in [0.25, 0.3) is 0 Å². The number of rotatable bonds is 5. The quantitative estimate of drug-likeness (QED) is 0.704. The SMILES string of the molecule is CC(C)C(NCC1(O)CCC(C)(C)CC1)C(=O)O. The highest BCUT2D eigenvalue weighted by Gasteiger charge is 2.37. The highest BCUT2D eigenvalue weighted by molar-refractivity contribution is 5.73. The molecule has 0 heterocycles. The van der Waals surface area contributed by atoms with Gasteiger partial charge in [0, 0.05) is 6.54 Å². The minimum Gasteiger partial charge on any atom is -0.480 e. The van der Waals surface area contributed by atoms with Crippen LogP contribution >= 0.6 is 0 Å². The number of carbonyl (C=O) groups is 1. The number of aliphatic hydroxyl groups is 1. The van der Waals surface area contributed by atoms with E-state index in [1.165, 1.54) is 0 Å². The van der Waals surface area contributed by atoms with Crippen molar-refractivity contribution in [1.29, 1.82) is 0 Å². The molecule has 106 valence electrons. The van der Waals surface area contributed by atoms with Gasteiger partial charge in [-0.25, -0.2) is 0 Å². The third kappa shape index (κ3) is 4.25. The molecule has 0 aromatic carbocycles. The first-order valence-corrected chi connectivity index (χ1v) is 6.84. The summed E-state index contributed by atoms with van der Waals surface area (Å²) in [5.41, 5.74) is -0.436. The highest BCUT2D eigenvalue weighted by Crippen LogP contribution is 2.39. The maximum atomic E-state index is 11.1. The van der Waals surface area contributed by atoms with Crippen molar-refractivity contribution in [3.05, 3.63) is 0 Å². The Kier molecular flexibility index (Phi) is 4.78. The number of hydrogen-bond acceptors (Lipinski definition) is 3. The fourth-order valence-corrected chi connectivity index (χ4v) is 2.48. The second-order valence-corrected chi connectivity index (χ2v) is 6.83. The van der Waals surface area contributed by atoms with Crippen LogP contribution in [0.25, 0.3) is 0 Å². The second-order valence-electron chi connectivity index (χ2n) is 6.83. The molecule has 0 aliphatic heterocycles. The average Bonchev–Trinajstić information content (AvgIpc) is 2.23. The lowest BCUT2D eigenvalue weighted by Gasteiger charge is -2.41. The topological polar surface area (TPSA) is 69.6 Å². The molecule has 0 saturated heterocycles. The summed E-state index contributed by atoms with van der Waals surface area (Å²) in [6, 6.07) is -0.580. The van der Waals surface area contributed by atoms with E-state index in [0.717, 1.165) is 25.7 Å². The molecule has 0 aromatic heterocycles. The van der Waals surface area contributed by atoms with Gasteiger partial charge in [0.15, 0.2) is 0 Å². The third-order valence-electron chi connectivity index (χ3n) is 4.12. The van der Waals surface area contributed by atoms with Gasteiger partial charge in [-0.2, -0.15) is 0 Å². The zero-order valence-electron chi connectivity index (χ0n) is 12.0. The van der Waals surface area contributed by atoms with Crippen LogP contribution in [-0.2, 0) is 4.79 Å². The molecule has 1 aliphatic rings.